The number of Topliss-reactive ketones (excluding diaryl/α,β-unsaturated/α-hetero) is 1. The van der Waals surface area contributed by atoms with Gasteiger partial charge in [0.1, 0.15) is 22.8 Å². The van der Waals surface area contributed by atoms with Crippen molar-refractivity contribution in [3.63, 3.8) is 0 Å². The fourth-order valence-electron chi connectivity index (χ4n) is 4.88. The molecule has 0 aliphatic carbocycles. The maximum Gasteiger partial charge on any atom is 0.211 e. The van der Waals surface area contributed by atoms with E-state index in [-0.39, 0.29) is 18.2 Å². The van der Waals surface area contributed by atoms with Crippen molar-refractivity contribution in [1.29, 1.82) is 0 Å². The van der Waals surface area contributed by atoms with E-state index < -0.39 is 30.4 Å². The Balaban J connectivity index is 1.26. The van der Waals surface area contributed by atoms with E-state index in [9.17, 15) is 9.59 Å². The molecule has 2 aliphatic rings. The average molecular weight is 612 g/mol. The summed E-state index contributed by atoms with van der Waals surface area (Å²) in [5.41, 5.74) is 1.90. The lowest BCUT2D eigenvalue weighted by Gasteiger charge is -2.25. The van der Waals surface area contributed by atoms with Gasteiger partial charge >= 0.3 is 0 Å². The van der Waals surface area contributed by atoms with Gasteiger partial charge in [0, 0.05) is 16.2 Å². The van der Waals surface area contributed by atoms with Crippen molar-refractivity contribution >= 4 is 43.7 Å². The minimum Gasteiger partial charge on any atom is -0.497 e. The predicted molar refractivity (Wildman–Crippen MR) is 147 cm³/mol. The zero-order valence-corrected chi connectivity index (χ0v) is 23.9. The molecule has 2 aromatic heterocycles. The Bertz CT molecular complexity index is 1530. The molecule has 2 saturated heterocycles. The molecule has 0 saturated carbocycles. The lowest BCUT2D eigenvalue weighted by molar-refractivity contribution is -0.212. The Morgan fingerprint density at radius 2 is 1.77 bits per heavy atom. The Hall–Kier alpha value is -2.86. The highest BCUT2D eigenvalue weighted by Crippen LogP contribution is 2.40. The van der Waals surface area contributed by atoms with Gasteiger partial charge in [-0.05, 0) is 67.9 Å². The van der Waals surface area contributed by atoms with Crippen LogP contribution in [0.15, 0.2) is 71.3 Å². The lowest BCUT2D eigenvalue weighted by atomic mass is 10.0. The molecule has 0 bridgehead atoms. The number of methoxy groups -OCH3 is 1. The van der Waals surface area contributed by atoms with Crippen molar-refractivity contribution in [2.45, 2.75) is 50.8 Å². The molecule has 0 N–H and O–H groups in total. The monoisotopic (exact) mass is 611 g/mol. The van der Waals surface area contributed by atoms with E-state index in [0.29, 0.717) is 16.1 Å². The van der Waals surface area contributed by atoms with E-state index in [0.717, 1.165) is 20.6 Å². The largest absolute Gasteiger partial charge is 0.497 e. The van der Waals surface area contributed by atoms with Gasteiger partial charge in [-0.2, -0.15) is 0 Å². The number of benzene rings is 2. The second kappa shape index (κ2) is 10.3. The van der Waals surface area contributed by atoms with Gasteiger partial charge in [-0.15, -0.1) is 11.3 Å². The Kier molecular flexibility index (Phi) is 6.95. The van der Waals surface area contributed by atoms with Gasteiger partial charge in [-0.25, -0.2) is 0 Å². The van der Waals surface area contributed by atoms with Crippen molar-refractivity contribution in [3.05, 3.63) is 93.0 Å². The van der Waals surface area contributed by atoms with E-state index in [2.05, 4.69) is 15.9 Å². The Morgan fingerprint density at radius 3 is 2.49 bits per heavy atom. The van der Waals surface area contributed by atoms with Gasteiger partial charge in [0.25, 0.3) is 0 Å². The summed E-state index contributed by atoms with van der Waals surface area (Å²) in [6.07, 6.45) is -1.24. The zero-order chi connectivity index (χ0) is 27.3. The van der Waals surface area contributed by atoms with Gasteiger partial charge < -0.3 is 28.1 Å². The third kappa shape index (κ3) is 5.08. The molecular weight excluding hydrogens is 586 g/mol. The molecule has 0 spiro atoms. The number of carbonyl (C=O) groups excluding carboxylic acids is 2. The summed E-state index contributed by atoms with van der Waals surface area (Å²) in [5, 5.41) is 0. The molecule has 39 heavy (non-hydrogen) atoms. The fourth-order valence-corrected chi connectivity index (χ4v) is 6.13. The third-order valence-electron chi connectivity index (χ3n) is 6.78. The number of carbonyl (C=O) groups is 2. The van der Waals surface area contributed by atoms with E-state index in [1.165, 1.54) is 11.3 Å². The van der Waals surface area contributed by atoms with Crippen LogP contribution in [0.1, 0.15) is 45.1 Å². The van der Waals surface area contributed by atoms with E-state index in [4.69, 9.17) is 23.7 Å². The van der Waals surface area contributed by atoms with E-state index in [1.807, 2.05) is 42.5 Å². The van der Waals surface area contributed by atoms with Gasteiger partial charge in [0.2, 0.25) is 11.6 Å². The minimum atomic E-state index is -0.946. The van der Waals surface area contributed by atoms with Crippen LogP contribution in [0.5, 0.6) is 5.75 Å². The number of thiazole rings is 1. The smallest absolute Gasteiger partial charge is 0.211 e. The number of halogens is 1. The van der Waals surface area contributed by atoms with Crippen molar-refractivity contribution in [3.8, 4) is 5.75 Å². The molecule has 2 fully saturated rings. The molecule has 0 amide bonds. The number of rotatable bonds is 8. The molecular formula is C29H26BrNO7S. The second-order valence-electron chi connectivity index (χ2n) is 9.87. The molecule has 6 rings (SSSR count). The third-order valence-corrected chi connectivity index (χ3v) is 8.36. The van der Waals surface area contributed by atoms with E-state index in [1.54, 1.807) is 49.8 Å². The first-order valence-corrected chi connectivity index (χ1v) is 14.0. The summed E-state index contributed by atoms with van der Waals surface area (Å²) in [4.78, 5) is 28.3. The predicted octanol–water partition coefficient (Wildman–Crippen LogP) is 5.65. The first-order valence-electron chi connectivity index (χ1n) is 12.4. The number of hydrogen-bond acceptors (Lipinski definition) is 8. The zero-order valence-electron chi connectivity index (χ0n) is 21.5. The summed E-state index contributed by atoms with van der Waals surface area (Å²) >= 11 is 4.72. The molecule has 4 heterocycles. The average Bonchev–Trinajstić information content (AvgIpc) is 3.66. The molecule has 0 unspecified atom stereocenters. The van der Waals surface area contributed by atoms with Crippen molar-refractivity contribution in [2.24, 2.45) is 0 Å². The second-order valence-corrected chi connectivity index (χ2v) is 11.8. The van der Waals surface area contributed by atoms with E-state index >= 15 is 0 Å². The van der Waals surface area contributed by atoms with Crippen LogP contribution in [0.3, 0.4) is 0 Å². The van der Waals surface area contributed by atoms with Crippen LogP contribution < -0.4 is 4.74 Å². The van der Waals surface area contributed by atoms with Gasteiger partial charge in [-0.1, -0.05) is 28.1 Å². The normalized spacial score (nSPS) is 23.7. The standard InChI is InChI=1S/C29H26BrNO7S/c1-29(2)37-27-26(35-15-16-4-10-19(34-3)11-5-16)25(36-28(27)38-29)24(33)20-12-13-22-31(20)14-21(39-22)23(32)17-6-8-18(30)9-7-17/h4-14,25-28H,15H2,1-3H3/t25-,26+,27-,28-/m1/s1. The quantitative estimate of drug-likeness (QED) is 0.238. The van der Waals surface area contributed by atoms with Gasteiger partial charge in [0.05, 0.1) is 24.3 Å². The molecule has 2 aliphatic heterocycles. The molecule has 8 nitrogen and oxygen atoms in total. The number of aromatic nitrogens is 1. The molecule has 4 aromatic rings. The van der Waals surface area contributed by atoms with Crippen LogP contribution in [-0.4, -0.2) is 53.5 Å². The van der Waals surface area contributed by atoms with Crippen LogP contribution in [0.4, 0.5) is 0 Å². The fraction of sp³-hybridized carbons (Fsp3) is 0.310. The number of nitrogens with zero attached hydrogens (tertiary/aromatic N) is 1. The number of ketones is 2. The molecule has 202 valence electrons. The number of hydrogen-bond donors (Lipinski definition) is 0. The highest BCUT2D eigenvalue weighted by Gasteiger charge is 2.57. The first kappa shape index (κ1) is 26.4. The topological polar surface area (TPSA) is 84.7 Å². The summed E-state index contributed by atoms with van der Waals surface area (Å²) in [7, 11) is 1.61. The highest BCUT2D eigenvalue weighted by molar-refractivity contribution is 9.10. The van der Waals surface area contributed by atoms with Crippen LogP contribution >= 0.6 is 27.3 Å². The molecule has 2 aromatic carbocycles. The van der Waals surface area contributed by atoms with Crippen LogP contribution in [0.2, 0.25) is 0 Å². The Morgan fingerprint density at radius 1 is 1.03 bits per heavy atom. The van der Waals surface area contributed by atoms with Crippen LogP contribution in [-0.2, 0) is 25.6 Å². The van der Waals surface area contributed by atoms with Crippen molar-refractivity contribution in [1.82, 2.24) is 4.40 Å². The first-order chi connectivity index (χ1) is 18.7. The van der Waals surface area contributed by atoms with Crippen molar-refractivity contribution in [2.75, 3.05) is 7.11 Å². The SMILES string of the molecule is COc1ccc(CO[C@@H]2[C@H]3OC(C)(C)O[C@H]3O[C@@H]2C(=O)c2ccc3sc(C(=O)c4ccc(Br)cc4)cn23)cc1. The molecule has 0 radical (unpaired) electrons. The molecule has 4 atom stereocenters. The maximum absolute atomic E-state index is 13.9. The van der Waals surface area contributed by atoms with Gasteiger partial charge in [-0.3, -0.25) is 9.59 Å². The van der Waals surface area contributed by atoms with Crippen LogP contribution in [0.25, 0.3) is 4.83 Å². The maximum atomic E-state index is 13.9. The Labute approximate surface area is 237 Å². The summed E-state index contributed by atoms with van der Waals surface area (Å²) in [5.74, 6) is -0.486. The number of ether oxygens (including phenoxy) is 5. The lowest BCUT2D eigenvalue weighted by Crippen LogP contribution is -2.41. The highest BCUT2D eigenvalue weighted by atomic mass is 79.9. The number of fused-ring (bicyclic) bond motifs is 2. The minimum absolute atomic E-state index is 0.106. The van der Waals surface area contributed by atoms with Crippen molar-refractivity contribution < 1.29 is 33.3 Å². The summed E-state index contributed by atoms with van der Waals surface area (Å²) in [6, 6.07) is 18.3. The van der Waals surface area contributed by atoms with Gasteiger partial charge in [0.15, 0.2) is 18.2 Å². The van der Waals surface area contributed by atoms with Crippen LogP contribution in [0, 0.1) is 0 Å². The molecule has 10 heteroatoms. The summed E-state index contributed by atoms with van der Waals surface area (Å²) in [6.45, 7) is 3.86. The summed E-state index contributed by atoms with van der Waals surface area (Å²) < 4.78 is 32.2.